The average Bonchev–Trinajstić information content (AvgIpc) is 3.17. The molecule has 1 amide bonds. The van der Waals surface area contributed by atoms with Crippen LogP contribution in [0.3, 0.4) is 0 Å². The highest BCUT2D eigenvalue weighted by atomic mass is 32.1. The van der Waals surface area contributed by atoms with E-state index in [1.54, 1.807) is 11.3 Å². The lowest BCUT2D eigenvalue weighted by atomic mass is 10.1. The van der Waals surface area contributed by atoms with Gasteiger partial charge in [-0.1, -0.05) is 11.3 Å². The van der Waals surface area contributed by atoms with Crippen molar-refractivity contribution >= 4 is 17.2 Å². The summed E-state index contributed by atoms with van der Waals surface area (Å²) < 4.78 is 1.88. The quantitative estimate of drug-likeness (QED) is 0.874. The van der Waals surface area contributed by atoms with Gasteiger partial charge in [-0.25, -0.2) is 9.67 Å². The van der Waals surface area contributed by atoms with E-state index in [-0.39, 0.29) is 5.91 Å². The monoisotopic (exact) mass is 318 g/mol. The molecule has 2 aromatic heterocycles. The van der Waals surface area contributed by atoms with Crippen molar-refractivity contribution in [3.63, 3.8) is 0 Å². The van der Waals surface area contributed by atoms with Crippen LogP contribution in [0.25, 0.3) is 5.13 Å². The predicted molar refractivity (Wildman–Crippen MR) is 87.7 cm³/mol. The molecule has 0 aliphatic carbocycles. The third-order valence-electron chi connectivity index (χ3n) is 4.43. The van der Waals surface area contributed by atoms with E-state index in [4.69, 9.17) is 0 Å². The molecular weight excluding hydrogens is 296 g/mol. The highest BCUT2D eigenvalue weighted by molar-refractivity contribution is 7.14. The summed E-state index contributed by atoms with van der Waals surface area (Å²) in [6, 6.07) is 0. The minimum atomic E-state index is 0.217. The Balaban J connectivity index is 1.88. The van der Waals surface area contributed by atoms with Gasteiger partial charge in [-0.3, -0.25) is 4.79 Å². The molecule has 0 N–H and O–H groups in total. The number of hydrogen-bond donors (Lipinski definition) is 0. The number of thiazole rings is 1. The van der Waals surface area contributed by atoms with E-state index in [0.29, 0.717) is 6.42 Å². The molecule has 3 rings (SSSR count). The van der Waals surface area contributed by atoms with E-state index < -0.39 is 0 Å². The number of carbonyl (C=O) groups is 1. The van der Waals surface area contributed by atoms with Crippen molar-refractivity contribution in [1.82, 2.24) is 19.7 Å². The Morgan fingerprint density at radius 3 is 2.41 bits per heavy atom. The molecule has 1 aliphatic rings. The molecule has 0 saturated carbocycles. The molecule has 1 saturated heterocycles. The molecule has 5 nitrogen and oxygen atoms in total. The number of amides is 1. The lowest BCUT2D eigenvalue weighted by Crippen LogP contribution is -2.29. The van der Waals surface area contributed by atoms with Crippen LogP contribution in [0.15, 0.2) is 0 Å². The highest BCUT2D eigenvalue weighted by Crippen LogP contribution is 2.24. The van der Waals surface area contributed by atoms with Gasteiger partial charge in [-0.15, -0.1) is 0 Å². The van der Waals surface area contributed by atoms with Gasteiger partial charge in [0.25, 0.3) is 0 Å². The van der Waals surface area contributed by atoms with Crippen LogP contribution in [0.4, 0.5) is 0 Å². The minimum absolute atomic E-state index is 0.217. The molecular formula is C16H22N4OS. The zero-order valence-electron chi connectivity index (χ0n) is 13.6. The van der Waals surface area contributed by atoms with Gasteiger partial charge in [-0.05, 0) is 40.5 Å². The summed E-state index contributed by atoms with van der Waals surface area (Å²) in [5.41, 5.74) is 4.04. The normalized spacial score (nSPS) is 14.8. The van der Waals surface area contributed by atoms with Crippen molar-refractivity contribution in [3.8, 4) is 5.13 Å². The summed E-state index contributed by atoms with van der Waals surface area (Å²) >= 11 is 1.64. The third-order valence-corrected chi connectivity index (χ3v) is 5.47. The number of likely N-dealkylation sites (tertiary alicyclic amines) is 1. The molecule has 0 radical (unpaired) electrons. The predicted octanol–water partition coefficient (Wildman–Crippen LogP) is 2.73. The van der Waals surface area contributed by atoms with Crippen molar-refractivity contribution < 1.29 is 4.79 Å². The van der Waals surface area contributed by atoms with Gasteiger partial charge in [0.2, 0.25) is 11.0 Å². The number of aryl methyl sites for hydroxylation is 3. The van der Waals surface area contributed by atoms with Crippen molar-refractivity contribution in [2.75, 3.05) is 13.1 Å². The second-order valence-corrected chi connectivity index (χ2v) is 7.15. The number of nitrogens with zero attached hydrogens (tertiary/aromatic N) is 4. The third kappa shape index (κ3) is 2.67. The number of rotatable bonds is 3. The van der Waals surface area contributed by atoms with Crippen molar-refractivity contribution in [1.29, 1.82) is 0 Å². The van der Waals surface area contributed by atoms with Crippen LogP contribution in [-0.2, 0) is 11.2 Å². The van der Waals surface area contributed by atoms with Gasteiger partial charge >= 0.3 is 0 Å². The Hall–Kier alpha value is -1.69. The summed E-state index contributed by atoms with van der Waals surface area (Å²) in [5, 5.41) is 5.49. The van der Waals surface area contributed by atoms with Crippen LogP contribution < -0.4 is 0 Å². The zero-order chi connectivity index (χ0) is 15.9. The maximum absolute atomic E-state index is 12.4. The first kappa shape index (κ1) is 15.2. The molecule has 0 bridgehead atoms. The summed E-state index contributed by atoms with van der Waals surface area (Å²) in [4.78, 5) is 20.1. The first-order valence-electron chi connectivity index (χ1n) is 7.74. The second-order valence-electron chi connectivity index (χ2n) is 5.96. The fourth-order valence-corrected chi connectivity index (χ4v) is 3.81. The Kier molecular flexibility index (Phi) is 4.04. The second kappa shape index (κ2) is 5.83. The summed E-state index contributed by atoms with van der Waals surface area (Å²) in [6.45, 7) is 9.88. The number of carbonyl (C=O) groups excluding carboxylic acids is 1. The first-order valence-corrected chi connectivity index (χ1v) is 8.56. The standard InChI is InChI=1S/C16H22N4OS/c1-10-13(4)22-16(17-10)20-12(3)14(11(2)18-20)9-15(21)19-7-5-6-8-19/h5-9H2,1-4H3. The molecule has 1 aliphatic heterocycles. The molecule has 0 unspecified atom stereocenters. The summed E-state index contributed by atoms with van der Waals surface area (Å²) in [5.74, 6) is 0.217. The minimum Gasteiger partial charge on any atom is -0.342 e. The van der Waals surface area contributed by atoms with Crippen molar-refractivity contribution in [2.24, 2.45) is 0 Å². The molecule has 118 valence electrons. The lowest BCUT2D eigenvalue weighted by molar-refractivity contribution is -0.129. The Morgan fingerprint density at radius 1 is 1.14 bits per heavy atom. The van der Waals surface area contributed by atoms with Gasteiger partial charge in [0.1, 0.15) is 0 Å². The van der Waals surface area contributed by atoms with E-state index in [2.05, 4.69) is 17.0 Å². The average molecular weight is 318 g/mol. The Morgan fingerprint density at radius 2 is 1.82 bits per heavy atom. The summed E-state index contributed by atoms with van der Waals surface area (Å²) in [6.07, 6.45) is 2.70. The Bertz CT molecular complexity index is 691. The smallest absolute Gasteiger partial charge is 0.227 e. The van der Waals surface area contributed by atoms with Gasteiger partial charge in [0, 0.05) is 29.2 Å². The topological polar surface area (TPSA) is 51.0 Å². The SMILES string of the molecule is Cc1nc(-n2nc(C)c(CC(=O)N3CCCC3)c2C)sc1C. The first-order chi connectivity index (χ1) is 10.5. The molecule has 6 heteroatoms. The van der Waals surface area contributed by atoms with Crippen LogP contribution in [0, 0.1) is 27.7 Å². The molecule has 0 aromatic carbocycles. The number of aromatic nitrogens is 3. The van der Waals surface area contributed by atoms with Crippen LogP contribution in [0.1, 0.15) is 40.4 Å². The van der Waals surface area contributed by atoms with Crippen LogP contribution >= 0.6 is 11.3 Å². The molecule has 2 aromatic rings. The van der Waals surface area contributed by atoms with Gasteiger partial charge in [-0.2, -0.15) is 5.10 Å². The molecule has 22 heavy (non-hydrogen) atoms. The van der Waals surface area contributed by atoms with Crippen LogP contribution in [0.2, 0.25) is 0 Å². The van der Waals surface area contributed by atoms with E-state index in [1.807, 2.05) is 30.4 Å². The molecule has 0 atom stereocenters. The molecule has 1 fully saturated rings. The van der Waals surface area contributed by atoms with Crippen molar-refractivity contribution in [2.45, 2.75) is 47.0 Å². The maximum Gasteiger partial charge on any atom is 0.227 e. The van der Waals surface area contributed by atoms with Gasteiger partial charge in [0.15, 0.2) is 0 Å². The van der Waals surface area contributed by atoms with E-state index in [0.717, 1.165) is 53.7 Å². The zero-order valence-corrected chi connectivity index (χ0v) is 14.5. The van der Waals surface area contributed by atoms with Crippen LogP contribution in [0.5, 0.6) is 0 Å². The maximum atomic E-state index is 12.4. The van der Waals surface area contributed by atoms with Gasteiger partial charge < -0.3 is 4.90 Å². The van der Waals surface area contributed by atoms with E-state index in [1.165, 1.54) is 4.88 Å². The van der Waals surface area contributed by atoms with Gasteiger partial charge in [0.05, 0.1) is 17.8 Å². The fourth-order valence-electron chi connectivity index (χ4n) is 2.89. The van der Waals surface area contributed by atoms with E-state index in [9.17, 15) is 4.79 Å². The Labute approximate surface area is 135 Å². The highest BCUT2D eigenvalue weighted by Gasteiger charge is 2.22. The lowest BCUT2D eigenvalue weighted by Gasteiger charge is -2.15. The largest absolute Gasteiger partial charge is 0.342 e. The van der Waals surface area contributed by atoms with Crippen molar-refractivity contribution in [3.05, 3.63) is 27.5 Å². The van der Waals surface area contributed by atoms with Crippen LogP contribution in [-0.4, -0.2) is 38.7 Å². The molecule has 0 spiro atoms. The van der Waals surface area contributed by atoms with E-state index >= 15 is 0 Å². The number of hydrogen-bond acceptors (Lipinski definition) is 4. The fraction of sp³-hybridized carbons (Fsp3) is 0.562. The summed E-state index contributed by atoms with van der Waals surface area (Å²) in [7, 11) is 0. The molecule has 3 heterocycles.